The molecule has 0 bridgehead atoms. The van der Waals surface area contributed by atoms with Gasteiger partial charge in [0.2, 0.25) is 0 Å². The van der Waals surface area contributed by atoms with Gasteiger partial charge in [-0.25, -0.2) is 0 Å². The molecule has 0 atom stereocenters. The van der Waals surface area contributed by atoms with E-state index < -0.39 is 15.9 Å². The first-order valence-corrected chi connectivity index (χ1v) is 12.1. The molecule has 1 aromatic rings. The third kappa shape index (κ3) is 6.88. The van der Waals surface area contributed by atoms with Crippen molar-refractivity contribution in [3.63, 3.8) is 0 Å². The van der Waals surface area contributed by atoms with E-state index >= 15 is 0 Å². The average molecular weight is 443 g/mol. The largest absolute Gasteiger partial charge is 0.375 e. The Morgan fingerprint density at radius 2 is 1.89 bits per heavy atom. The Bertz CT molecular complexity index is 835. The fourth-order valence-corrected chi connectivity index (χ4v) is 4.50. The van der Waals surface area contributed by atoms with Crippen LogP contribution in [0.25, 0.3) is 6.08 Å². The van der Waals surface area contributed by atoms with Crippen molar-refractivity contribution in [2.45, 2.75) is 32.6 Å². The highest BCUT2D eigenvalue weighted by Gasteiger charge is 2.32. The third-order valence-electron chi connectivity index (χ3n) is 4.43. The summed E-state index contributed by atoms with van der Waals surface area (Å²) in [7, 11) is -2.07. The molecule has 1 heterocycles. The average Bonchev–Trinajstić information content (AvgIpc) is 2.90. The smallest absolute Gasteiger partial charge is 0.266 e. The molecule has 0 aliphatic carbocycles. The molecule has 0 spiro atoms. The van der Waals surface area contributed by atoms with Crippen LogP contribution in [0.5, 0.6) is 0 Å². The molecule has 154 valence electrons. The first kappa shape index (κ1) is 22.9. The molecule has 2 rings (SSSR count). The maximum Gasteiger partial charge on any atom is 0.266 e. The van der Waals surface area contributed by atoms with Gasteiger partial charge in [-0.2, -0.15) is 8.42 Å². The van der Waals surface area contributed by atoms with E-state index in [-0.39, 0.29) is 12.5 Å². The van der Waals surface area contributed by atoms with Crippen LogP contribution in [0.4, 0.5) is 5.69 Å². The number of thiocarbonyl (C=S) groups is 1. The van der Waals surface area contributed by atoms with Crippen molar-refractivity contribution in [3.8, 4) is 0 Å². The Morgan fingerprint density at radius 3 is 2.50 bits per heavy atom. The fourth-order valence-electron chi connectivity index (χ4n) is 2.78. The van der Waals surface area contributed by atoms with Crippen molar-refractivity contribution in [3.05, 3.63) is 34.7 Å². The van der Waals surface area contributed by atoms with E-state index in [2.05, 4.69) is 18.9 Å². The molecule has 28 heavy (non-hydrogen) atoms. The van der Waals surface area contributed by atoms with Gasteiger partial charge in [-0.15, -0.1) is 0 Å². The number of hydrogen-bond acceptors (Lipinski definition) is 6. The van der Waals surface area contributed by atoms with Crippen molar-refractivity contribution in [1.29, 1.82) is 0 Å². The van der Waals surface area contributed by atoms with Crippen LogP contribution in [-0.2, 0) is 14.9 Å². The number of benzene rings is 1. The van der Waals surface area contributed by atoms with Crippen LogP contribution in [-0.4, -0.2) is 54.0 Å². The van der Waals surface area contributed by atoms with Gasteiger partial charge in [0.1, 0.15) is 4.32 Å². The van der Waals surface area contributed by atoms with Crippen LogP contribution in [0, 0.1) is 0 Å². The van der Waals surface area contributed by atoms with Gasteiger partial charge < -0.3 is 4.90 Å². The van der Waals surface area contributed by atoms with E-state index in [1.165, 1.54) is 24.2 Å². The van der Waals surface area contributed by atoms with E-state index in [4.69, 9.17) is 16.8 Å². The lowest BCUT2D eigenvalue weighted by atomic mass is 10.1. The van der Waals surface area contributed by atoms with Gasteiger partial charge >= 0.3 is 0 Å². The minimum atomic E-state index is -4.14. The monoisotopic (exact) mass is 442 g/mol. The van der Waals surface area contributed by atoms with E-state index in [0.717, 1.165) is 36.0 Å². The lowest BCUT2D eigenvalue weighted by molar-refractivity contribution is -0.121. The van der Waals surface area contributed by atoms with Crippen molar-refractivity contribution >= 4 is 56.1 Å². The van der Waals surface area contributed by atoms with Crippen molar-refractivity contribution in [2.75, 3.05) is 30.8 Å². The zero-order valence-corrected chi connectivity index (χ0v) is 18.6. The van der Waals surface area contributed by atoms with Gasteiger partial charge in [0.05, 0.1) is 10.7 Å². The molecule has 1 saturated heterocycles. The molecule has 0 saturated carbocycles. The molecule has 0 radical (unpaired) electrons. The normalized spacial score (nSPS) is 16.2. The Labute approximate surface area is 176 Å². The number of carbonyl (C=O) groups excluding carboxylic acids is 1. The number of nitrogens with zero attached hydrogens (tertiary/aromatic N) is 2. The second-order valence-corrected chi connectivity index (χ2v) is 9.94. The summed E-state index contributed by atoms with van der Waals surface area (Å²) in [5.74, 6) is -0.873. The number of thioether (sulfide) groups is 1. The summed E-state index contributed by atoms with van der Waals surface area (Å²) in [6.45, 7) is 3.05. The molecule has 1 aromatic carbocycles. The summed E-state index contributed by atoms with van der Waals surface area (Å²) in [4.78, 5) is 16.3. The topological polar surface area (TPSA) is 77.9 Å². The van der Waals surface area contributed by atoms with E-state index in [1.54, 1.807) is 6.08 Å². The highest BCUT2D eigenvalue weighted by Crippen LogP contribution is 2.32. The quantitative estimate of drug-likeness (QED) is 0.256. The number of amides is 1. The van der Waals surface area contributed by atoms with Gasteiger partial charge in [0.15, 0.2) is 0 Å². The van der Waals surface area contributed by atoms with E-state index in [1.807, 2.05) is 24.3 Å². The summed E-state index contributed by atoms with van der Waals surface area (Å²) in [6, 6.07) is 7.93. The number of unbranched alkanes of at least 4 members (excludes halogenated alkanes) is 3. The standard InChI is InChI=1S/C19H26N2O4S3/c1-3-4-5-6-11-20(2)16-9-7-15(8-10-16)14-17-18(22)21(19(26)27-17)12-13-28(23,24)25/h7-10,14H,3-6,11-13H2,1-2H3,(H,23,24,25). The Morgan fingerprint density at radius 1 is 1.21 bits per heavy atom. The summed E-state index contributed by atoms with van der Waals surface area (Å²) in [6.07, 6.45) is 6.63. The van der Waals surface area contributed by atoms with Gasteiger partial charge in [-0.05, 0) is 30.2 Å². The summed E-state index contributed by atoms with van der Waals surface area (Å²) in [5, 5.41) is 0. The van der Waals surface area contributed by atoms with E-state index in [9.17, 15) is 13.2 Å². The van der Waals surface area contributed by atoms with Crippen molar-refractivity contribution in [1.82, 2.24) is 4.90 Å². The number of rotatable bonds is 10. The molecule has 6 nitrogen and oxygen atoms in total. The molecular weight excluding hydrogens is 416 g/mol. The molecule has 1 fully saturated rings. The highest BCUT2D eigenvalue weighted by molar-refractivity contribution is 8.26. The van der Waals surface area contributed by atoms with Crippen LogP contribution in [0.2, 0.25) is 0 Å². The van der Waals surface area contributed by atoms with Gasteiger partial charge in [0, 0.05) is 25.8 Å². The number of anilines is 1. The molecule has 1 aliphatic heterocycles. The summed E-state index contributed by atoms with van der Waals surface area (Å²) in [5.41, 5.74) is 1.99. The van der Waals surface area contributed by atoms with Crippen LogP contribution in [0.15, 0.2) is 29.2 Å². The minimum Gasteiger partial charge on any atom is -0.375 e. The van der Waals surface area contributed by atoms with Gasteiger partial charge in [-0.3, -0.25) is 14.2 Å². The number of carbonyl (C=O) groups is 1. The molecule has 9 heteroatoms. The third-order valence-corrected chi connectivity index (χ3v) is 6.50. The second kappa shape index (κ2) is 10.4. The molecular formula is C19H26N2O4S3. The van der Waals surface area contributed by atoms with Crippen LogP contribution in [0.3, 0.4) is 0 Å². The predicted molar refractivity (Wildman–Crippen MR) is 120 cm³/mol. The van der Waals surface area contributed by atoms with Gasteiger partial charge in [-0.1, -0.05) is 62.3 Å². The first-order valence-electron chi connectivity index (χ1n) is 9.23. The lowest BCUT2D eigenvalue weighted by Crippen LogP contribution is -2.32. The molecule has 1 N–H and O–H groups in total. The Kier molecular flexibility index (Phi) is 8.48. The number of hydrogen-bond donors (Lipinski definition) is 1. The van der Waals surface area contributed by atoms with Crippen LogP contribution < -0.4 is 4.90 Å². The molecule has 1 amide bonds. The minimum absolute atomic E-state index is 0.150. The molecule has 1 aliphatic rings. The van der Waals surface area contributed by atoms with Crippen LogP contribution >= 0.6 is 24.0 Å². The second-order valence-electron chi connectivity index (χ2n) is 6.69. The maximum atomic E-state index is 12.4. The van der Waals surface area contributed by atoms with Gasteiger partial charge in [0.25, 0.3) is 16.0 Å². The zero-order chi connectivity index (χ0) is 20.7. The SMILES string of the molecule is CCCCCCN(C)c1ccc(C=C2SC(=S)N(CCS(=O)(=O)O)C2=O)cc1. The fraction of sp³-hybridized carbons (Fsp3) is 0.474. The molecule has 0 unspecified atom stereocenters. The maximum absolute atomic E-state index is 12.4. The van der Waals surface area contributed by atoms with Crippen LogP contribution in [0.1, 0.15) is 38.2 Å². The zero-order valence-electron chi connectivity index (χ0n) is 16.1. The highest BCUT2D eigenvalue weighted by atomic mass is 32.2. The first-order chi connectivity index (χ1) is 13.2. The Balaban J connectivity index is 1.99. The summed E-state index contributed by atoms with van der Waals surface area (Å²) >= 11 is 6.29. The van der Waals surface area contributed by atoms with Crippen molar-refractivity contribution in [2.24, 2.45) is 0 Å². The Hall–Kier alpha value is -1.42. The predicted octanol–water partition coefficient (Wildman–Crippen LogP) is 3.79. The lowest BCUT2D eigenvalue weighted by Gasteiger charge is -2.19. The molecule has 0 aromatic heterocycles. The van der Waals surface area contributed by atoms with Crippen molar-refractivity contribution < 1.29 is 17.8 Å². The summed E-state index contributed by atoms with van der Waals surface area (Å²) < 4.78 is 31.0. The van der Waals surface area contributed by atoms with E-state index in [0.29, 0.717) is 9.23 Å².